The van der Waals surface area contributed by atoms with Gasteiger partial charge in [0, 0.05) is 10.7 Å². The molecular formula is C16H16ClNO3S. The Labute approximate surface area is 134 Å². The van der Waals surface area contributed by atoms with Crippen LogP contribution in [0.25, 0.3) is 0 Å². The Balaban J connectivity index is 1.98. The average molecular weight is 338 g/mol. The smallest absolute Gasteiger partial charge is 0.261 e. The van der Waals surface area contributed by atoms with E-state index in [1.807, 2.05) is 37.3 Å². The minimum atomic E-state index is -3.73. The average Bonchev–Trinajstić information content (AvgIpc) is 2.47. The van der Waals surface area contributed by atoms with Crippen LogP contribution in [0.1, 0.15) is 24.1 Å². The summed E-state index contributed by atoms with van der Waals surface area (Å²) in [6.45, 7) is 1.91. The molecule has 1 unspecified atom stereocenters. The summed E-state index contributed by atoms with van der Waals surface area (Å²) < 4.78 is 22.3. The van der Waals surface area contributed by atoms with Gasteiger partial charge in [0.25, 0.3) is 9.05 Å². The van der Waals surface area contributed by atoms with Crippen LogP contribution in [0.15, 0.2) is 59.5 Å². The zero-order valence-corrected chi connectivity index (χ0v) is 13.6. The van der Waals surface area contributed by atoms with E-state index >= 15 is 0 Å². The molecule has 116 valence electrons. The quantitative estimate of drug-likeness (QED) is 0.853. The number of amides is 1. The number of nitrogens with one attached hydrogen (secondary N) is 1. The van der Waals surface area contributed by atoms with E-state index in [1.54, 1.807) is 12.1 Å². The summed E-state index contributed by atoms with van der Waals surface area (Å²) in [4.78, 5) is 12.0. The topological polar surface area (TPSA) is 63.2 Å². The molecule has 0 aromatic heterocycles. The SMILES string of the molecule is CC(NC(=O)Cc1ccc(S(=O)(=O)Cl)cc1)c1ccccc1. The fraction of sp³-hybridized carbons (Fsp3) is 0.188. The predicted octanol–water partition coefficient (Wildman–Crippen LogP) is 3.03. The first-order chi connectivity index (χ1) is 10.4. The number of carbonyl (C=O) groups is 1. The Morgan fingerprint density at radius 2 is 1.68 bits per heavy atom. The Kier molecular flexibility index (Phi) is 5.21. The van der Waals surface area contributed by atoms with Gasteiger partial charge in [-0.25, -0.2) is 8.42 Å². The minimum absolute atomic E-state index is 0.0241. The van der Waals surface area contributed by atoms with Crippen molar-refractivity contribution in [1.29, 1.82) is 0 Å². The third-order valence-electron chi connectivity index (χ3n) is 3.25. The van der Waals surface area contributed by atoms with Gasteiger partial charge in [-0.15, -0.1) is 0 Å². The van der Waals surface area contributed by atoms with E-state index in [0.717, 1.165) is 11.1 Å². The van der Waals surface area contributed by atoms with Crippen molar-refractivity contribution in [2.45, 2.75) is 24.3 Å². The second-order valence-electron chi connectivity index (χ2n) is 4.96. The Bertz CT molecular complexity index is 743. The molecule has 0 aliphatic heterocycles. The van der Waals surface area contributed by atoms with Gasteiger partial charge in [-0.1, -0.05) is 42.5 Å². The van der Waals surface area contributed by atoms with Gasteiger partial charge in [0.1, 0.15) is 0 Å². The highest BCUT2D eigenvalue weighted by Crippen LogP contribution is 2.16. The molecule has 2 rings (SSSR count). The molecule has 1 N–H and O–H groups in total. The highest BCUT2D eigenvalue weighted by atomic mass is 35.7. The van der Waals surface area contributed by atoms with Crippen LogP contribution in [0.4, 0.5) is 0 Å². The summed E-state index contributed by atoms with van der Waals surface area (Å²) in [6, 6.07) is 15.5. The van der Waals surface area contributed by atoms with E-state index in [0.29, 0.717) is 0 Å². The maximum absolute atomic E-state index is 12.0. The molecule has 0 saturated heterocycles. The molecule has 0 spiro atoms. The van der Waals surface area contributed by atoms with Crippen molar-refractivity contribution in [2.24, 2.45) is 0 Å². The second-order valence-corrected chi connectivity index (χ2v) is 7.52. The zero-order valence-electron chi connectivity index (χ0n) is 12.0. The molecule has 0 bridgehead atoms. The summed E-state index contributed by atoms with van der Waals surface area (Å²) in [6.07, 6.45) is 0.180. The fourth-order valence-corrected chi connectivity index (χ4v) is 2.84. The van der Waals surface area contributed by atoms with Crippen molar-refractivity contribution in [3.63, 3.8) is 0 Å². The number of hydrogen-bond acceptors (Lipinski definition) is 3. The fourth-order valence-electron chi connectivity index (χ4n) is 2.07. The first kappa shape index (κ1) is 16.5. The van der Waals surface area contributed by atoms with Gasteiger partial charge >= 0.3 is 0 Å². The summed E-state index contributed by atoms with van der Waals surface area (Å²) in [5.41, 5.74) is 1.75. The molecule has 1 atom stereocenters. The molecule has 22 heavy (non-hydrogen) atoms. The molecule has 6 heteroatoms. The molecule has 1 amide bonds. The Hall–Kier alpha value is -1.85. The molecule has 0 saturated carbocycles. The number of rotatable bonds is 5. The van der Waals surface area contributed by atoms with Crippen molar-refractivity contribution in [2.75, 3.05) is 0 Å². The largest absolute Gasteiger partial charge is 0.349 e. The molecular weight excluding hydrogens is 322 g/mol. The Morgan fingerprint density at radius 1 is 1.09 bits per heavy atom. The van der Waals surface area contributed by atoms with E-state index in [4.69, 9.17) is 10.7 Å². The van der Waals surface area contributed by atoms with Crippen LogP contribution < -0.4 is 5.32 Å². The van der Waals surface area contributed by atoms with Gasteiger partial charge < -0.3 is 5.32 Å². The van der Waals surface area contributed by atoms with Gasteiger partial charge in [-0.3, -0.25) is 4.79 Å². The first-order valence-corrected chi connectivity index (χ1v) is 9.05. The van der Waals surface area contributed by atoms with Gasteiger partial charge in [-0.05, 0) is 30.2 Å². The number of benzene rings is 2. The van der Waals surface area contributed by atoms with Crippen LogP contribution >= 0.6 is 10.7 Å². The molecule has 0 heterocycles. The molecule has 4 nitrogen and oxygen atoms in total. The van der Waals surface area contributed by atoms with Crippen molar-refractivity contribution >= 4 is 25.6 Å². The normalized spacial score (nSPS) is 12.6. The standard InChI is InChI=1S/C16H16ClNO3S/c1-12(14-5-3-2-4-6-14)18-16(19)11-13-7-9-15(10-8-13)22(17,20)21/h2-10,12H,11H2,1H3,(H,18,19). The number of carbonyl (C=O) groups excluding carboxylic acids is 1. The lowest BCUT2D eigenvalue weighted by Crippen LogP contribution is -2.28. The minimum Gasteiger partial charge on any atom is -0.349 e. The van der Waals surface area contributed by atoms with Gasteiger partial charge in [0.15, 0.2) is 0 Å². The van der Waals surface area contributed by atoms with Crippen molar-refractivity contribution in [3.05, 3.63) is 65.7 Å². The lowest BCUT2D eigenvalue weighted by atomic mass is 10.1. The highest BCUT2D eigenvalue weighted by Gasteiger charge is 2.12. The monoisotopic (exact) mass is 337 g/mol. The molecule has 0 fully saturated rings. The summed E-state index contributed by atoms with van der Waals surface area (Å²) in [5, 5.41) is 2.91. The second kappa shape index (κ2) is 6.94. The molecule has 0 aliphatic rings. The zero-order chi connectivity index (χ0) is 16.2. The van der Waals surface area contributed by atoms with Crippen LogP contribution in [0.3, 0.4) is 0 Å². The van der Waals surface area contributed by atoms with Crippen LogP contribution in [-0.4, -0.2) is 14.3 Å². The van der Waals surface area contributed by atoms with Crippen LogP contribution in [-0.2, 0) is 20.3 Å². The Morgan fingerprint density at radius 3 is 2.23 bits per heavy atom. The maximum Gasteiger partial charge on any atom is 0.261 e. The lowest BCUT2D eigenvalue weighted by Gasteiger charge is -2.14. The van der Waals surface area contributed by atoms with Gasteiger partial charge in [0.2, 0.25) is 5.91 Å². The first-order valence-electron chi connectivity index (χ1n) is 6.74. The predicted molar refractivity (Wildman–Crippen MR) is 86.2 cm³/mol. The third-order valence-corrected chi connectivity index (χ3v) is 4.62. The van der Waals surface area contributed by atoms with E-state index in [-0.39, 0.29) is 23.3 Å². The maximum atomic E-state index is 12.0. The van der Waals surface area contributed by atoms with Crippen LogP contribution in [0.2, 0.25) is 0 Å². The van der Waals surface area contributed by atoms with Crippen LogP contribution in [0.5, 0.6) is 0 Å². The van der Waals surface area contributed by atoms with Crippen molar-refractivity contribution in [3.8, 4) is 0 Å². The van der Waals surface area contributed by atoms with Crippen molar-refractivity contribution in [1.82, 2.24) is 5.32 Å². The molecule has 2 aromatic rings. The summed E-state index contributed by atoms with van der Waals surface area (Å²) >= 11 is 0. The van der Waals surface area contributed by atoms with Crippen molar-refractivity contribution < 1.29 is 13.2 Å². The molecule has 0 radical (unpaired) electrons. The van der Waals surface area contributed by atoms with E-state index in [2.05, 4.69) is 5.32 Å². The number of hydrogen-bond donors (Lipinski definition) is 1. The molecule has 0 aliphatic carbocycles. The summed E-state index contributed by atoms with van der Waals surface area (Å²) in [5.74, 6) is -0.127. The van der Waals surface area contributed by atoms with Gasteiger partial charge in [0.05, 0.1) is 17.4 Å². The number of halogens is 1. The van der Waals surface area contributed by atoms with E-state index < -0.39 is 9.05 Å². The van der Waals surface area contributed by atoms with Gasteiger partial charge in [-0.2, -0.15) is 0 Å². The lowest BCUT2D eigenvalue weighted by molar-refractivity contribution is -0.121. The van der Waals surface area contributed by atoms with E-state index in [1.165, 1.54) is 12.1 Å². The van der Waals surface area contributed by atoms with Crippen LogP contribution in [0, 0.1) is 0 Å². The summed E-state index contributed by atoms with van der Waals surface area (Å²) in [7, 11) is 1.51. The highest BCUT2D eigenvalue weighted by molar-refractivity contribution is 8.13. The molecule has 2 aromatic carbocycles. The third kappa shape index (κ3) is 4.58. The van der Waals surface area contributed by atoms with E-state index in [9.17, 15) is 13.2 Å².